The van der Waals surface area contributed by atoms with Crippen LogP contribution in [0.5, 0.6) is 0 Å². The number of anilines is 1. The highest BCUT2D eigenvalue weighted by molar-refractivity contribution is 8.01. The maximum atomic E-state index is 12.1. The molecule has 3 rings (SSSR count). The Morgan fingerprint density at radius 3 is 2.87 bits per heavy atom. The van der Waals surface area contributed by atoms with Gasteiger partial charge in [0.25, 0.3) is 0 Å². The quantitative estimate of drug-likeness (QED) is 0.233. The van der Waals surface area contributed by atoms with Crippen molar-refractivity contribution >= 4 is 68.1 Å². The first-order valence-corrected chi connectivity index (χ1v) is 12.1. The number of nitrogens with zero attached hydrogens (tertiary/aromatic N) is 2. The Kier molecular flexibility index (Phi) is 8.65. The van der Waals surface area contributed by atoms with Crippen LogP contribution in [0, 0.1) is 0 Å². The topological polar surface area (TPSA) is 71.2 Å². The molecule has 1 aromatic heterocycles. The second-order valence-electron chi connectivity index (χ2n) is 7.00. The number of nitrogens with one attached hydrogen (secondary N) is 1. The van der Waals surface area contributed by atoms with Crippen molar-refractivity contribution in [1.82, 2.24) is 15.2 Å². The van der Waals surface area contributed by atoms with Crippen molar-refractivity contribution in [1.29, 1.82) is 0 Å². The summed E-state index contributed by atoms with van der Waals surface area (Å²) in [5.41, 5.74) is 8.61. The number of fused-ring (bicyclic) bond motifs is 1. The van der Waals surface area contributed by atoms with Crippen LogP contribution in [0.15, 0.2) is 40.7 Å². The Balaban J connectivity index is 1.30. The summed E-state index contributed by atoms with van der Waals surface area (Å²) in [5, 5.41) is 4.13. The third kappa shape index (κ3) is 7.03. The van der Waals surface area contributed by atoms with Crippen LogP contribution in [0.4, 0.5) is 5.69 Å². The number of nitrogens with two attached hydrogens (primary N) is 1. The Hall–Kier alpha value is -1.51. The zero-order valence-electron chi connectivity index (χ0n) is 16.7. The average molecular weight is 483 g/mol. The lowest BCUT2D eigenvalue weighted by atomic mass is 10.2. The lowest BCUT2D eigenvalue weighted by Gasteiger charge is -2.17. The predicted octanol–water partition coefficient (Wildman–Crippen LogP) is 5.31. The summed E-state index contributed by atoms with van der Waals surface area (Å²) in [6, 6.07) is 11.4. The number of hydrogen-bond acceptors (Lipinski definition) is 6. The lowest BCUT2D eigenvalue weighted by molar-refractivity contribution is -0.120. The largest absolute Gasteiger partial charge is 0.399 e. The summed E-state index contributed by atoms with van der Waals surface area (Å²) < 4.78 is 2.04. The Morgan fingerprint density at radius 1 is 1.23 bits per heavy atom. The fraction of sp³-hybridized carbons (Fsp3) is 0.333. The minimum absolute atomic E-state index is 0.0694. The second-order valence-corrected chi connectivity index (χ2v) is 10.2. The number of thioether (sulfide) groups is 1. The van der Waals surface area contributed by atoms with Crippen molar-refractivity contribution < 1.29 is 4.79 Å². The van der Waals surface area contributed by atoms with Gasteiger partial charge in [-0.1, -0.05) is 41.0 Å². The average Bonchev–Trinajstić information content (AvgIpc) is 3.10. The van der Waals surface area contributed by atoms with E-state index in [1.54, 1.807) is 23.1 Å². The molecule has 0 aliphatic rings. The molecule has 1 heterocycles. The maximum Gasteiger partial charge on any atom is 0.220 e. The Bertz CT molecular complexity index is 1010. The summed E-state index contributed by atoms with van der Waals surface area (Å²) in [6.45, 7) is 2.33. The molecule has 3 N–H and O–H groups in total. The highest BCUT2D eigenvalue weighted by atomic mass is 35.5. The zero-order chi connectivity index (χ0) is 21.5. The number of amides is 1. The van der Waals surface area contributed by atoms with Crippen molar-refractivity contribution in [2.75, 3.05) is 31.6 Å². The molecule has 30 heavy (non-hydrogen) atoms. The van der Waals surface area contributed by atoms with Crippen molar-refractivity contribution in [3.63, 3.8) is 0 Å². The first-order valence-electron chi connectivity index (χ1n) is 9.59. The van der Waals surface area contributed by atoms with Crippen molar-refractivity contribution in [2.24, 2.45) is 0 Å². The summed E-state index contributed by atoms with van der Waals surface area (Å²) in [7, 11) is 2.05. The van der Waals surface area contributed by atoms with Gasteiger partial charge in [-0.3, -0.25) is 4.79 Å². The van der Waals surface area contributed by atoms with Gasteiger partial charge < -0.3 is 16.0 Å². The molecule has 0 saturated carbocycles. The van der Waals surface area contributed by atoms with E-state index in [0.29, 0.717) is 28.8 Å². The van der Waals surface area contributed by atoms with E-state index in [9.17, 15) is 4.79 Å². The van der Waals surface area contributed by atoms with Crippen LogP contribution in [-0.2, 0) is 11.3 Å². The van der Waals surface area contributed by atoms with Crippen LogP contribution in [0.1, 0.15) is 18.4 Å². The molecule has 0 aliphatic carbocycles. The van der Waals surface area contributed by atoms with Gasteiger partial charge >= 0.3 is 0 Å². The molecule has 3 aromatic rings. The van der Waals surface area contributed by atoms with Gasteiger partial charge in [-0.2, -0.15) is 0 Å². The minimum Gasteiger partial charge on any atom is -0.399 e. The smallest absolute Gasteiger partial charge is 0.220 e. The van der Waals surface area contributed by atoms with Gasteiger partial charge in [0.1, 0.15) is 0 Å². The molecule has 0 unspecified atom stereocenters. The molecular weight excluding hydrogens is 459 g/mol. The van der Waals surface area contributed by atoms with E-state index in [0.717, 1.165) is 45.3 Å². The van der Waals surface area contributed by atoms with E-state index in [-0.39, 0.29) is 5.91 Å². The highest BCUT2D eigenvalue weighted by Gasteiger charge is 2.08. The highest BCUT2D eigenvalue weighted by Crippen LogP contribution is 2.30. The third-order valence-electron chi connectivity index (χ3n) is 4.42. The van der Waals surface area contributed by atoms with Gasteiger partial charge in [0.05, 0.1) is 20.3 Å². The lowest BCUT2D eigenvalue weighted by Crippen LogP contribution is -2.28. The van der Waals surface area contributed by atoms with Gasteiger partial charge in [-0.05, 0) is 55.9 Å². The van der Waals surface area contributed by atoms with E-state index in [2.05, 4.69) is 15.2 Å². The molecule has 0 bridgehead atoms. The van der Waals surface area contributed by atoms with E-state index in [1.807, 2.05) is 43.4 Å². The third-order valence-corrected chi connectivity index (χ3v) is 7.32. The summed E-state index contributed by atoms with van der Waals surface area (Å²) in [5.74, 6) is 0.776. The van der Waals surface area contributed by atoms with E-state index in [1.165, 1.54) is 0 Å². The van der Waals surface area contributed by atoms with Crippen molar-refractivity contribution in [2.45, 2.75) is 23.7 Å². The van der Waals surface area contributed by atoms with Crippen LogP contribution in [0.25, 0.3) is 10.2 Å². The van der Waals surface area contributed by atoms with Crippen LogP contribution < -0.4 is 11.1 Å². The standard InChI is InChI=1S/C21H24Cl2N4OS2/c1-27(13-14-3-5-16(22)17(23)11-14)9-2-8-25-20(28)7-10-29-21-26-18-6-4-15(24)12-19(18)30-21/h3-6,11-12H,2,7-10,13,24H2,1H3,(H,25,28). The Morgan fingerprint density at radius 2 is 2.07 bits per heavy atom. The van der Waals surface area contributed by atoms with Gasteiger partial charge in [0.15, 0.2) is 4.34 Å². The number of thiazole rings is 1. The number of halogens is 2. The minimum atomic E-state index is 0.0694. The molecule has 0 radical (unpaired) electrons. The fourth-order valence-electron chi connectivity index (χ4n) is 2.91. The SMILES string of the molecule is CN(CCCNC(=O)CCSc1nc2ccc(N)cc2s1)Cc1ccc(Cl)c(Cl)c1. The molecule has 9 heteroatoms. The summed E-state index contributed by atoms with van der Waals surface area (Å²) >= 11 is 15.2. The van der Waals surface area contributed by atoms with Gasteiger partial charge in [-0.25, -0.2) is 4.98 Å². The first kappa shape index (κ1) is 23.2. The molecule has 0 aliphatic heterocycles. The number of nitrogen functional groups attached to an aromatic ring is 1. The van der Waals surface area contributed by atoms with Gasteiger partial charge in [-0.15, -0.1) is 11.3 Å². The van der Waals surface area contributed by atoms with E-state index >= 15 is 0 Å². The zero-order valence-corrected chi connectivity index (χ0v) is 19.8. The number of aromatic nitrogens is 1. The van der Waals surface area contributed by atoms with Crippen molar-refractivity contribution in [3.8, 4) is 0 Å². The predicted molar refractivity (Wildman–Crippen MR) is 130 cm³/mol. The second kappa shape index (κ2) is 11.2. The molecule has 5 nitrogen and oxygen atoms in total. The normalized spacial score (nSPS) is 11.3. The molecular formula is C21H24Cl2N4OS2. The summed E-state index contributed by atoms with van der Waals surface area (Å²) in [6.07, 6.45) is 1.36. The van der Waals surface area contributed by atoms with Crippen molar-refractivity contribution in [3.05, 3.63) is 52.0 Å². The number of benzene rings is 2. The van der Waals surface area contributed by atoms with Gasteiger partial charge in [0.2, 0.25) is 5.91 Å². The van der Waals surface area contributed by atoms with Crippen LogP contribution in [0.3, 0.4) is 0 Å². The molecule has 0 fully saturated rings. The summed E-state index contributed by atoms with van der Waals surface area (Å²) in [4.78, 5) is 18.8. The molecule has 160 valence electrons. The molecule has 2 aromatic carbocycles. The number of rotatable bonds is 10. The molecule has 1 amide bonds. The van der Waals surface area contributed by atoms with Crippen LogP contribution in [-0.4, -0.2) is 41.7 Å². The molecule has 0 spiro atoms. The Labute approximate surface area is 194 Å². The number of carbonyl (C=O) groups is 1. The molecule has 0 atom stereocenters. The van der Waals surface area contributed by atoms with Crippen LogP contribution >= 0.6 is 46.3 Å². The van der Waals surface area contributed by atoms with Gasteiger partial charge in [0, 0.05) is 31.0 Å². The number of carbonyl (C=O) groups excluding carboxylic acids is 1. The maximum absolute atomic E-state index is 12.1. The van der Waals surface area contributed by atoms with Crippen LogP contribution in [0.2, 0.25) is 10.0 Å². The number of hydrogen-bond donors (Lipinski definition) is 2. The molecule has 0 saturated heterocycles. The van der Waals surface area contributed by atoms with E-state index in [4.69, 9.17) is 28.9 Å². The first-order chi connectivity index (χ1) is 14.4. The fourth-order valence-corrected chi connectivity index (χ4v) is 5.35. The monoisotopic (exact) mass is 482 g/mol. The van der Waals surface area contributed by atoms with E-state index < -0.39 is 0 Å².